The van der Waals surface area contributed by atoms with Gasteiger partial charge >= 0.3 is 0 Å². The van der Waals surface area contributed by atoms with Gasteiger partial charge in [-0.05, 0) is 29.8 Å². The van der Waals surface area contributed by atoms with E-state index in [-0.39, 0.29) is 5.02 Å². The van der Waals surface area contributed by atoms with Crippen LogP contribution in [0.2, 0.25) is 5.02 Å². The predicted molar refractivity (Wildman–Crippen MR) is 78.3 cm³/mol. The number of anilines is 1. The van der Waals surface area contributed by atoms with E-state index in [0.717, 1.165) is 16.6 Å². The lowest BCUT2D eigenvalue weighted by Crippen LogP contribution is -2.02. The van der Waals surface area contributed by atoms with Gasteiger partial charge in [0.2, 0.25) is 0 Å². The number of hydrogen-bond donors (Lipinski definition) is 1. The lowest BCUT2D eigenvalue weighted by Gasteiger charge is -2.07. The van der Waals surface area contributed by atoms with Gasteiger partial charge in [0.25, 0.3) is 0 Å². The van der Waals surface area contributed by atoms with Gasteiger partial charge in [0.1, 0.15) is 11.6 Å². The maximum atomic E-state index is 13.1. The zero-order valence-corrected chi connectivity index (χ0v) is 11.2. The first-order chi connectivity index (χ1) is 9.72. The second-order valence-corrected chi connectivity index (χ2v) is 4.75. The minimum absolute atomic E-state index is 0.119. The molecule has 0 aliphatic rings. The zero-order chi connectivity index (χ0) is 13.9. The molecule has 3 aromatic rings. The second-order valence-electron chi connectivity index (χ2n) is 4.35. The first-order valence-electron chi connectivity index (χ1n) is 6.12. The number of para-hydroxylation sites is 2. The zero-order valence-electron chi connectivity index (χ0n) is 10.5. The minimum Gasteiger partial charge on any atom is -0.365 e. The Labute approximate surface area is 120 Å². The van der Waals surface area contributed by atoms with Crippen molar-refractivity contribution in [3.05, 3.63) is 65.1 Å². The Morgan fingerprint density at radius 3 is 2.70 bits per heavy atom. The van der Waals surface area contributed by atoms with Crippen LogP contribution in [0, 0.1) is 5.82 Å². The summed E-state index contributed by atoms with van der Waals surface area (Å²) in [6, 6.07) is 12.3. The summed E-state index contributed by atoms with van der Waals surface area (Å²) in [5.41, 5.74) is 2.56. The summed E-state index contributed by atoms with van der Waals surface area (Å²) in [6.07, 6.45) is 1.67. The van der Waals surface area contributed by atoms with Crippen LogP contribution >= 0.6 is 11.6 Å². The lowest BCUT2D eigenvalue weighted by atomic mass is 10.2. The van der Waals surface area contributed by atoms with Gasteiger partial charge in [0.15, 0.2) is 0 Å². The van der Waals surface area contributed by atoms with E-state index < -0.39 is 5.82 Å². The van der Waals surface area contributed by atoms with Gasteiger partial charge in [-0.1, -0.05) is 29.8 Å². The number of fused-ring (bicyclic) bond motifs is 1. The fourth-order valence-electron chi connectivity index (χ4n) is 1.88. The van der Waals surface area contributed by atoms with Crippen LogP contribution in [0.4, 0.5) is 10.2 Å². The Bertz CT molecular complexity index is 761. The van der Waals surface area contributed by atoms with E-state index >= 15 is 0 Å². The predicted octanol–water partition coefficient (Wildman–Crippen LogP) is 4.03. The first kappa shape index (κ1) is 12.8. The summed E-state index contributed by atoms with van der Waals surface area (Å²) >= 11 is 5.74. The van der Waals surface area contributed by atoms with Crippen LogP contribution in [-0.2, 0) is 6.54 Å². The van der Waals surface area contributed by atoms with Gasteiger partial charge in [-0.25, -0.2) is 9.37 Å². The SMILES string of the molecule is Fc1ccc(CNc2cnc3ccccc3n2)cc1Cl. The summed E-state index contributed by atoms with van der Waals surface area (Å²) < 4.78 is 13.1. The summed E-state index contributed by atoms with van der Waals surface area (Å²) in [5, 5.41) is 3.26. The number of nitrogens with one attached hydrogen (secondary N) is 1. The van der Waals surface area contributed by atoms with Gasteiger partial charge < -0.3 is 5.32 Å². The van der Waals surface area contributed by atoms with Crippen molar-refractivity contribution < 1.29 is 4.39 Å². The normalized spacial score (nSPS) is 10.7. The van der Waals surface area contributed by atoms with Crippen molar-refractivity contribution in [2.75, 3.05) is 5.32 Å². The van der Waals surface area contributed by atoms with Gasteiger partial charge in [-0.2, -0.15) is 0 Å². The molecule has 0 unspecified atom stereocenters. The number of aromatic nitrogens is 2. The van der Waals surface area contributed by atoms with Crippen molar-refractivity contribution in [2.24, 2.45) is 0 Å². The highest BCUT2D eigenvalue weighted by Crippen LogP contribution is 2.17. The Morgan fingerprint density at radius 2 is 1.90 bits per heavy atom. The minimum atomic E-state index is -0.416. The van der Waals surface area contributed by atoms with Crippen molar-refractivity contribution in [2.45, 2.75) is 6.54 Å². The molecular weight excluding hydrogens is 277 g/mol. The summed E-state index contributed by atoms with van der Waals surface area (Å²) in [6.45, 7) is 0.507. The first-order valence-corrected chi connectivity index (χ1v) is 6.50. The van der Waals surface area contributed by atoms with Gasteiger partial charge in [-0.3, -0.25) is 4.98 Å². The summed E-state index contributed by atoms with van der Waals surface area (Å²) in [7, 11) is 0. The largest absolute Gasteiger partial charge is 0.365 e. The molecule has 2 aromatic carbocycles. The van der Waals surface area contributed by atoms with Crippen LogP contribution in [-0.4, -0.2) is 9.97 Å². The van der Waals surface area contributed by atoms with Crippen molar-refractivity contribution in [3.63, 3.8) is 0 Å². The maximum Gasteiger partial charge on any atom is 0.145 e. The van der Waals surface area contributed by atoms with Crippen LogP contribution in [0.1, 0.15) is 5.56 Å². The fourth-order valence-corrected chi connectivity index (χ4v) is 2.09. The highest BCUT2D eigenvalue weighted by atomic mass is 35.5. The van der Waals surface area contributed by atoms with Crippen LogP contribution < -0.4 is 5.32 Å². The second kappa shape index (κ2) is 5.43. The molecule has 0 aliphatic heterocycles. The molecule has 0 fully saturated rings. The molecule has 0 atom stereocenters. The fraction of sp³-hybridized carbons (Fsp3) is 0.0667. The Hall–Kier alpha value is -2.20. The number of halogens is 2. The quantitative estimate of drug-likeness (QED) is 0.790. The number of hydrogen-bond acceptors (Lipinski definition) is 3. The van der Waals surface area contributed by atoms with E-state index in [1.54, 1.807) is 18.3 Å². The van der Waals surface area contributed by atoms with Crippen LogP contribution in [0.25, 0.3) is 11.0 Å². The van der Waals surface area contributed by atoms with E-state index in [1.807, 2.05) is 24.3 Å². The highest BCUT2D eigenvalue weighted by Gasteiger charge is 2.02. The average Bonchev–Trinajstić information content (AvgIpc) is 2.48. The third-order valence-electron chi connectivity index (χ3n) is 2.91. The third kappa shape index (κ3) is 2.70. The van der Waals surface area contributed by atoms with Crippen molar-refractivity contribution in [1.29, 1.82) is 0 Å². The summed E-state index contributed by atoms with van der Waals surface area (Å²) in [5.74, 6) is 0.255. The van der Waals surface area contributed by atoms with Crippen LogP contribution in [0.5, 0.6) is 0 Å². The highest BCUT2D eigenvalue weighted by molar-refractivity contribution is 6.30. The van der Waals surface area contributed by atoms with Crippen molar-refractivity contribution in [3.8, 4) is 0 Å². The molecule has 3 nitrogen and oxygen atoms in total. The lowest BCUT2D eigenvalue weighted by molar-refractivity contribution is 0.627. The molecular formula is C15H11ClFN3. The maximum absolute atomic E-state index is 13.1. The molecule has 0 spiro atoms. The van der Waals surface area contributed by atoms with Crippen LogP contribution in [0.3, 0.4) is 0 Å². The number of benzene rings is 2. The molecule has 20 heavy (non-hydrogen) atoms. The third-order valence-corrected chi connectivity index (χ3v) is 3.20. The molecule has 0 amide bonds. The topological polar surface area (TPSA) is 37.8 Å². The van der Waals surface area contributed by atoms with E-state index in [1.165, 1.54) is 6.07 Å². The van der Waals surface area contributed by atoms with Gasteiger partial charge in [-0.15, -0.1) is 0 Å². The molecule has 0 saturated heterocycles. The van der Waals surface area contributed by atoms with Crippen molar-refractivity contribution >= 4 is 28.5 Å². The molecule has 3 rings (SSSR count). The standard InChI is InChI=1S/C15H11ClFN3/c16-11-7-10(5-6-12(11)17)8-19-15-9-18-13-3-1-2-4-14(13)20-15/h1-7,9H,8H2,(H,19,20). The molecule has 0 saturated carbocycles. The average molecular weight is 288 g/mol. The monoisotopic (exact) mass is 287 g/mol. The molecule has 0 radical (unpaired) electrons. The molecule has 1 aromatic heterocycles. The van der Waals surface area contributed by atoms with E-state index in [9.17, 15) is 4.39 Å². The van der Waals surface area contributed by atoms with E-state index in [2.05, 4.69) is 15.3 Å². The Kier molecular flexibility index (Phi) is 3.48. The van der Waals surface area contributed by atoms with Crippen LogP contribution in [0.15, 0.2) is 48.7 Å². The van der Waals surface area contributed by atoms with Gasteiger partial charge in [0.05, 0.1) is 22.3 Å². The molecule has 100 valence electrons. The Balaban J connectivity index is 1.77. The Morgan fingerprint density at radius 1 is 1.10 bits per heavy atom. The number of rotatable bonds is 3. The molecule has 5 heteroatoms. The van der Waals surface area contributed by atoms with Crippen molar-refractivity contribution in [1.82, 2.24) is 9.97 Å². The molecule has 0 aliphatic carbocycles. The molecule has 1 heterocycles. The van der Waals surface area contributed by atoms with E-state index in [0.29, 0.717) is 12.4 Å². The molecule has 1 N–H and O–H groups in total. The molecule has 0 bridgehead atoms. The van der Waals surface area contributed by atoms with E-state index in [4.69, 9.17) is 11.6 Å². The van der Waals surface area contributed by atoms with Gasteiger partial charge in [0, 0.05) is 6.54 Å². The smallest absolute Gasteiger partial charge is 0.145 e. The summed E-state index contributed by atoms with van der Waals surface area (Å²) in [4.78, 5) is 8.76. The number of nitrogens with zero attached hydrogens (tertiary/aromatic N) is 2.